The number of methoxy groups -OCH3 is 1. The summed E-state index contributed by atoms with van der Waals surface area (Å²) in [4.78, 5) is 24.8. The van der Waals surface area contributed by atoms with Crippen molar-refractivity contribution in [2.24, 2.45) is 7.05 Å². The summed E-state index contributed by atoms with van der Waals surface area (Å²) in [6.45, 7) is 1.38. The highest BCUT2D eigenvalue weighted by molar-refractivity contribution is 7.99. The molecular weight excluding hydrogens is 449 g/mol. The number of aromatic nitrogens is 3. The van der Waals surface area contributed by atoms with E-state index in [4.69, 9.17) is 4.74 Å². The van der Waals surface area contributed by atoms with Crippen LogP contribution >= 0.6 is 11.8 Å². The summed E-state index contributed by atoms with van der Waals surface area (Å²) in [5.41, 5.74) is 1.55. The molecule has 0 aliphatic carbocycles. The van der Waals surface area contributed by atoms with Crippen LogP contribution in [0.15, 0.2) is 47.6 Å². The number of nitrogens with zero attached hydrogens (tertiary/aromatic N) is 3. The van der Waals surface area contributed by atoms with Crippen molar-refractivity contribution in [3.05, 3.63) is 65.2 Å². The number of hydrogen-bond acceptors (Lipinski definition) is 7. The summed E-state index contributed by atoms with van der Waals surface area (Å²) < 4.78 is 20.1. The number of aryl methyl sites for hydroxylation is 1. The topological polar surface area (TPSA) is 118 Å². The van der Waals surface area contributed by atoms with Gasteiger partial charge in [0.1, 0.15) is 17.6 Å². The minimum Gasteiger partial charge on any atom is -0.497 e. The number of aliphatic hydroxyl groups is 1. The van der Waals surface area contributed by atoms with Crippen LogP contribution in [0.1, 0.15) is 27.8 Å². The van der Waals surface area contributed by atoms with Crippen LogP contribution < -0.4 is 15.4 Å². The number of anilines is 1. The molecule has 2 amide bonds. The molecule has 0 radical (unpaired) electrons. The molecule has 174 valence electrons. The Kier molecular flexibility index (Phi) is 8.01. The van der Waals surface area contributed by atoms with Gasteiger partial charge in [-0.1, -0.05) is 17.8 Å². The molecule has 0 aliphatic heterocycles. The minimum absolute atomic E-state index is 0.0178. The summed E-state index contributed by atoms with van der Waals surface area (Å²) >= 11 is 1.13. The molecule has 0 bridgehead atoms. The van der Waals surface area contributed by atoms with Crippen LogP contribution in [0.4, 0.5) is 10.1 Å². The van der Waals surface area contributed by atoms with Crippen molar-refractivity contribution >= 4 is 29.3 Å². The van der Waals surface area contributed by atoms with E-state index in [-0.39, 0.29) is 11.7 Å². The normalized spacial score (nSPS) is 11.7. The average Bonchev–Trinajstić information content (AvgIpc) is 3.18. The zero-order valence-corrected chi connectivity index (χ0v) is 19.1. The lowest BCUT2D eigenvalue weighted by atomic mass is 10.2. The smallest absolute Gasteiger partial charge is 0.251 e. The van der Waals surface area contributed by atoms with Gasteiger partial charge in [-0.3, -0.25) is 9.59 Å². The van der Waals surface area contributed by atoms with Crippen molar-refractivity contribution < 1.29 is 23.8 Å². The third-order valence-corrected chi connectivity index (χ3v) is 5.85. The fraction of sp³-hybridized carbons (Fsp3) is 0.273. The SMILES string of the molecule is COc1ccc(C(=O)N[C@H](CO)c2nnc(SCC(=O)Nc3cc(F)ccc3C)n2C)cc1. The summed E-state index contributed by atoms with van der Waals surface area (Å²) in [7, 11) is 3.21. The lowest BCUT2D eigenvalue weighted by Crippen LogP contribution is -2.32. The van der Waals surface area contributed by atoms with Crippen LogP contribution in [0.25, 0.3) is 0 Å². The molecule has 0 saturated carbocycles. The number of ether oxygens (including phenoxy) is 1. The van der Waals surface area contributed by atoms with Crippen molar-refractivity contribution in [3.63, 3.8) is 0 Å². The van der Waals surface area contributed by atoms with E-state index >= 15 is 0 Å². The number of aliphatic hydroxyl groups excluding tert-OH is 1. The van der Waals surface area contributed by atoms with E-state index in [2.05, 4.69) is 20.8 Å². The summed E-state index contributed by atoms with van der Waals surface area (Å²) in [5.74, 6) is -0.180. The van der Waals surface area contributed by atoms with Crippen LogP contribution in [0.2, 0.25) is 0 Å². The van der Waals surface area contributed by atoms with Gasteiger partial charge in [-0.05, 0) is 48.9 Å². The van der Waals surface area contributed by atoms with E-state index in [0.29, 0.717) is 28.0 Å². The standard InChI is InChI=1S/C22H24FN5O4S/c1-13-4-7-15(23)10-17(13)24-19(30)12-33-22-27-26-20(28(22)2)18(11-29)25-21(31)14-5-8-16(32-3)9-6-14/h4-10,18,29H,11-12H2,1-3H3,(H,24,30)(H,25,31)/t18-/m1/s1. The summed E-state index contributed by atoms with van der Waals surface area (Å²) in [6.07, 6.45) is 0. The van der Waals surface area contributed by atoms with E-state index < -0.39 is 24.4 Å². The maximum atomic E-state index is 13.4. The Hall–Kier alpha value is -3.44. The second-order valence-electron chi connectivity index (χ2n) is 7.13. The first-order valence-corrected chi connectivity index (χ1v) is 10.9. The maximum Gasteiger partial charge on any atom is 0.251 e. The maximum absolute atomic E-state index is 13.4. The number of hydrogen-bond donors (Lipinski definition) is 3. The van der Waals surface area contributed by atoms with Gasteiger partial charge in [0.15, 0.2) is 11.0 Å². The Bertz CT molecular complexity index is 1140. The molecule has 2 aromatic carbocycles. The quantitative estimate of drug-likeness (QED) is 0.409. The Morgan fingerprint density at radius 3 is 2.61 bits per heavy atom. The second kappa shape index (κ2) is 10.9. The van der Waals surface area contributed by atoms with Crippen LogP contribution in [-0.2, 0) is 11.8 Å². The fourth-order valence-corrected chi connectivity index (χ4v) is 3.69. The van der Waals surface area contributed by atoms with Gasteiger partial charge in [0, 0.05) is 18.3 Å². The van der Waals surface area contributed by atoms with Crippen molar-refractivity contribution in [2.75, 3.05) is 24.8 Å². The number of rotatable bonds is 9. The number of carbonyl (C=O) groups excluding carboxylic acids is 2. The zero-order chi connectivity index (χ0) is 24.0. The van der Waals surface area contributed by atoms with Gasteiger partial charge in [-0.2, -0.15) is 0 Å². The first-order chi connectivity index (χ1) is 15.8. The van der Waals surface area contributed by atoms with E-state index in [1.807, 2.05) is 0 Å². The molecule has 0 saturated heterocycles. The van der Waals surface area contributed by atoms with Crippen molar-refractivity contribution in [1.82, 2.24) is 20.1 Å². The third-order valence-electron chi connectivity index (χ3n) is 4.83. The minimum atomic E-state index is -0.796. The van der Waals surface area contributed by atoms with Crippen molar-refractivity contribution in [2.45, 2.75) is 18.1 Å². The van der Waals surface area contributed by atoms with E-state index in [0.717, 1.165) is 17.3 Å². The van der Waals surface area contributed by atoms with Crippen molar-refractivity contribution in [3.8, 4) is 5.75 Å². The molecule has 3 N–H and O–H groups in total. The van der Waals surface area contributed by atoms with Crippen LogP contribution in [0.3, 0.4) is 0 Å². The molecule has 3 rings (SSSR count). The van der Waals surface area contributed by atoms with Gasteiger partial charge in [0.2, 0.25) is 5.91 Å². The predicted molar refractivity (Wildman–Crippen MR) is 122 cm³/mol. The highest BCUT2D eigenvalue weighted by atomic mass is 32.2. The molecule has 9 nitrogen and oxygen atoms in total. The molecule has 0 aliphatic rings. The monoisotopic (exact) mass is 473 g/mol. The number of thioether (sulfide) groups is 1. The number of amides is 2. The highest BCUT2D eigenvalue weighted by Gasteiger charge is 2.22. The molecule has 0 unspecified atom stereocenters. The average molecular weight is 474 g/mol. The van der Waals surface area contributed by atoms with Gasteiger partial charge < -0.3 is 25.0 Å². The van der Waals surface area contributed by atoms with Gasteiger partial charge in [0.25, 0.3) is 5.91 Å². The third kappa shape index (κ3) is 6.08. The summed E-state index contributed by atoms with van der Waals surface area (Å²) in [5, 5.41) is 23.7. The van der Waals surface area contributed by atoms with Crippen LogP contribution in [-0.4, -0.2) is 51.2 Å². The highest BCUT2D eigenvalue weighted by Crippen LogP contribution is 2.21. The molecule has 1 heterocycles. The number of carbonyl (C=O) groups is 2. The number of nitrogens with one attached hydrogen (secondary N) is 2. The van der Waals surface area contributed by atoms with Gasteiger partial charge in [-0.15, -0.1) is 10.2 Å². The molecule has 1 aromatic heterocycles. The lowest BCUT2D eigenvalue weighted by Gasteiger charge is -2.16. The van der Waals surface area contributed by atoms with Crippen molar-refractivity contribution in [1.29, 1.82) is 0 Å². The Labute approximate surface area is 194 Å². The molecule has 33 heavy (non-hydrogen) atoms. The first kappa shape index (κ1) is 24.2. The fourth-order valence-electron chi connectivity index (χ4n) is 2.98. The number of benzene rings is 2. The summed E-state index contributed by atoms with van der Waals surface area (Å²) in [6, 6.07) is 9.92. The Morgan fingerprint density at radius 1 is 1.21 bits per heavy atom. The van der Waals surface area contributed by atoms with Gasteiger partial charge in [0.05, 0.1) is 19.5 Å². The molecule has 3 aromatic rings. The van der Waals surface area contributed by atoms with Gasteiger partial charge in [-0.25, -0.2) is 4.39 Å². The lowest BCUT2D eigenvalue weighted by molar-refractivity contribution is -0.113. The van der Waals surface area contributed by atoms with Gasteiger partial charge >= 0.3 is 0 Å². The van der Waals surface area contributed by atoms with E-state index in [9.17, 15) is 19.1 Å². The Balaban J connectivity index is 1.62. The first-order valence-electron chi connectivity index (χ1n) is 9.96. The second-order valence-corrected chi connectivity index (χ2v) is 8.08. The predicted octanol–water partition coefficient (Wildman–Crippen LogP) is 2.47. The molecule has 0 spiro atoms. The molecule has 1 atom stereocenters. The Morgan fingerprint density at radius 2 is 1.94 bits per heavy atom. The number of halogens is 1. The van der Waals surface area contributed by atoms with Crippen LogP contribution in [0.5, 0.6) is 5.75 Å². The molecule has 0 fully saturated rings. The van der Waals surface area contributed by atoms with E-state index in [1.165, 1.54) is 19.2 Å². The molecular formula is C22H24FN5O4S. The molecule has 11 heteroatoms. The van der Waals surface area contributed by atoms with E-state index in [1.54, 1.807) is 48.9 Å². The zero-order valence-electron chi connectivity index (χ0n) is 18.3. The largest absolute Gasteiger partial charge is 0.497 e. The van der Waals surface area contributed by atoms with Crippen LogP contribution in [0, 0.1) is 12.7 Å².